The summed E-state index contributed by atoms with van der Waals surface area (Å²) in [5, 5.41) is 0. The number of alkyl halides is 1. The van der Waals surface area contributed by atoms with E-state index in [4.69, 9.17) is 21.1 Å². The minimum absolute atomic E-state index is 0.332. The van der Waals surface area contributed by atoms with E-state index in [0.717, 1.165) is 10.0 Å². The highest BCUT2D eigenvalue weighted by atomic mass is 79.9. The summed E-state index contributed by atoms with van der Waals surface area (Å²) in [6, 6.07) is 9.37. The van der Waals surface area contributed by atoms with Crippen LogP contribution in [0, 0.1) is 0 Å². The van der Waals surface area contributed by atoms with Crippen molar-refractivity contribution in [3.05, 3.63) is 46.6 Å². The maximum atomic E-state index is 5.90. The molecular weight excluding hydrogens is 330 g/mol. The second-order valence-electron chi connectivity index (χ2n) is 3.73. The van der Waals surface area contributed by atoms with Gasteiger partial charge in [-0.15, -0.1) is 11.6 Å². The van der Waals surface area contributed by atoms with E-state index in [9.17, 15) is 0 Å². The molecule has 0 saturated carbocycles. The number of halogens is 2. The molecule has 0 spiro atoms. The molecule has 0 fully saturated rings. The Balaban J connectivity index is 2.30. The van der Waals surface area contributed by atoms with Crippen LogP contribution < -0.4 is 9.47 Å². The van der Waals surface area contributed by atoms with Crippen molar-refractivity contribution in [2.24, 2.45) is 0 Å². The van der Waals surface area contributed by atoms with Crippen LogP contribution in [0.3, 0.4) is 0 Å². The largest absolute Gasteiger partial charge is 0.490 e. The maximum Gasteiger partial charge on any atom is 0.223 e. The normalized spacial score (nSPS) is 10.3. The molecule has 0 aliphatic carbocycles. The minimum Gasteiger partial charge on any atom is -0.490 e. The minimum atomic E-state index is 0.332. The third-order valence-electron chi connectivity index (χ3n) is 2.39. The van der Waals surface area contributed by atoms with Gasteiger partial charge < -0.3 is 9.47 Å². The molecule has 0 radical (unpaired) electrons. The first-order valence-electron chi connectivity index (χ1n) is 5.84. The molecule has 0 bridgehead atoms. The smallest absolute Gasteiger partial charge is 0.223 e. The Morgan fingerprint density at radius 1 is 1.26 bits per heavy atom. The van der Waals surface area contributed by atoms with Crippen molar-refractivity contribution in [1.29, 1.82) is 0 Å². The van der Waals surface area contributed by atoms with Crippen LogP contribution in [0.5, 0.6) is 17.4 Å². The molecule has 100 valence electrons. The predicted molar refractivity (Wildman–Crippen MR) is 79.2 cm³/mol. The SMILES string of the molecule is CCOc1ccccc1Oc1ncc(Br)cc1CCl. The number of benzene rings is 1. The molecule has 1 heterocycles. The molecule has 2 rings (SSSR count). The lowest BCUT2D eigenvalue weighted by Crippen LogP contribution is -1.97. The van der Waals surface area contributed by atoms with Gasteiger partial charge in [-0.3, -0.25) is 0 Å². The first kappa shape index (κ1) is 14.2. The lowest BCUT2D eigenvalue weighted by atomic mass is 10.3. The average Bonchev–Trinajstić information content (AvgIpc) is 2.43. The number of hydrogen-bond acceptors (Lipinski definition) is 3. The number of rotatable bonds is 5. The van der Waals surface area contributed by atoms with Gasteiger partial charge in [0.2, 0.25) is 5.88 Å². The number of hydrogen-bond donors (Lipinski definition) is 0. The van der Waals surface area contributed by atoms with Crippen molar-refractivity contribution < 1.29 is 9.47 Å². The average molecular weight is 343 g/mol. The second kappa shape index (κ2) is 6.78. The molecule has 0 aliphatic heterocycles. The quantitative estimate of drug-likeness (QED) is 0.733. The first-order chi connectivity index (χ1) is 9.24. The van der Waals surface area contributed by atoms with Crippen LogP contribution >= 0.6 is 27.5 Å². The molecule has 0 aliphatic rings. The van der Waals surface area contributed by atoms with Crippen LogP contribution in [0.15, 0.2) is 41.0 Å². The zero-order chi connectivity index (χ0) is 13.7. The molecule has 1 aromatic carbocycles. The van der Waals surface area contributed by atoms with Crippen molar-refractivity contribution in [2.75, 3.05) is 6.61 Å². The summed E-state index contributed by atoms with van der Waals surface area (Å²) in [6.07, 6.45) is 1.68. The van der Waals surface area contributed by atoms with Gasteiger partial charge in [-0.1, -0.05) is 12.1 Å². The Bertz CT molecular complexity index is 563. The maximum absolute atomic E-state index is 5.90. The van der Waals surface area contributed by atoms with E-state index in [1.807, 2.05) is 37.3 Å². The lowest BCUT2D eigenvalue weighted by molar-refractivity contribution is 0.319. The van der Waals surface area contributed by atoms with Gasteiger partial charge in [0.1, 0.15) is 0 Å². The number of nitrogens with zero attached hydrogens (tertiary/aromatic N) is 1. The molecule has 19 heavy (non-hydrogen) atoms. The molecule has 0 unspecified atom stereocenters. The van der Waals surface area contributed by atoms with Gasteiger partial charge in [-0.25, -0.2) is 4.98 Å². The summed E-state index contributed by atoms with van der Waals surface area (Å²) in [7, 11) is 0. The van der Waals surface area contributed by atoms with E-state index in [1.54, 1.807) is 6.20 Å². The first-order valence-corrected chi connectivity index (χ1v) is 7.17. The fourth-order valence-corrected chi connectivity index (χ4v) is 2.14. The van der Waals surface area contributed by atoms with E-state index in [2.05, 4.69) is 20.9 Å². The van der Waals surface area contributed by atoms with Crippen LogP contribution in [0.25, 0.3) is 0 Å². The van der Waals surface area contributed by atoms with Crippen molar-refractivity contribution in [3.8, 4) is 17.4 Å². The van der Waals surface area contributed by atoms with Crippen molar-refractivity contribution in [2.45, 2.75) is 12.8 Å². The fraction of sp³-hybridized carbons (Fsp3) is 0.214. The monoisotopic (exact) mass is 341 g/mol. The molecule has 3 nitrogen and oxygen atoms in total. The number of pyridine rings is 1. The molecule has 0 atom stereocenters. The molecule has 1 aromatic heterocycles. The van der Waals surface area contributed by atoms with Crippen LogP contribution in [-0.4, -0.2) is 11.6 Å². The Kier molecular flexibility index (Phi) is 5.05. The van der Waals surface area contributed by atoms with Crippen LogP contribution in [0.1, 0.15) is 12.5 Å². The van der Waals surface area contributed by atoms with Crippen LogP contribution in [-0.2, 0) is 5.88 Å². The van der Waals surface area contributed by atoms with Gasteiger partial charge in [0.05, 0.1) is 12.5 Å². The van der Waals surface area contributed by atoms with E-state index >= 15 is 0 Å². The van der Waals surface area contributed by atoms with Gasteiger partial charge in [0.25, 0.3) is 0 Å². The summed E-state index contributed by atoms with van der Waals surface area (Å²) in [5.41, 5.74) is 0.822. The fourth-order valence-electron chi connectivity index (χ4n) is 1.57. The summed E-state index contributed by atoms with van der Waals surface area (Å²) in [6.45, 7) is 2.51. The number of ether oxygens (including phenoxy) is 2. The van der Waals surface area contributed by atoms with E-state index in [-0.39, 0.29) is 0 Å². The molecule has 0 saturated heterocycles. The predicted octanol–water partition coefficient (Wildman–Crippen LogP) is 4.77. The van der Waals surface area contributed by atoms with E-state index < -0.39 is 0 Å². The molecule has 5 heteroatoms. The van der Waals surface area contributed by atoms with E-state index in [0.29, 0.717) is 29.9 Å². The Labute approximate surface area is 125 Å². The molecule has 2 aromatic rings. The molecule has 0 amide bonds. The third kappa shape index (κ3) is 3.61. The van der Waals surface area contributed by atoms with Crippen molar-refractivity contribution in [1.82, 2.24) is 4.98 Å². The highest BCUT2D eigenvalue weighted by Gasteiger charge is 2.10. The van der Waals surface area contributed by atoms with Crippen molar-refractivity contribution >= 4 is 27.5 Å². The summed E-state index contributed by atoms with van der Waals surface area (Å²) in [5.74, 6) is 2.14. The summed E-state index contributed by atoms with van der Waals surface area (Å²) < 4.78 is 12.2. The Hall–Kier alpha value is -1.26. The van der Waals surface area contributed by atoms with Gasteiger partial charge in [-0.2, -0.15) is 0 Å². The molecular formula is C14H13BrClNO2. The van der Waals surface area contributed by atoms with Gasteiger partial charge in [0, 0.05) is 16.2 Å². The zero-order valence-electron chi connectivity index (χ0n) is 10.4. The highest BCUT2D eigenvalue weighted by molar-refractivity contribution is 9.10. The van der Waals surface area contributed by atoms with Crippen molar-refractivity contribution in [3.63, 3.8) is 0 Å². The third-order valence-corrected chi connectivity index (χ3v) is 3.11. The van der Waals surface area contributed by atoms with Gasteiger partial charge in [-0.05, 0) is 41.1 Å². The highest BCUT2D eigenvalue weighted by Crippen LogP contribution is 2.33. The standard InChI is InChI=1S/C14H13BrClNO2/c1-2-18-12-5-3-4-6-13(12)19-14-10(8-16)7-11(15)9-17-14/h3-7,9H,2,8H2,1H3. The van der Waals surface area contributed by atoms with E-state index in [1.165, 1.54) is 0 Å². The summed E-state index contributed by atoms with van der Waals surface area (Å²) in [4.78, 5) is 4.24. The van der Waals surface area contributed by atoms with Gasteiger partial charge >= 0.3 is 0 Å². The summed E-state index contributed by atoms with van der Waals surface area (Å²) >= 11 is 9.26. The van der Waals surface area contributed by atoms with Crippen LogP contribution in [0.2, 0.25) is 0 Å². The number of para-hydroxylation sites is 2. The van der Waals surface area contributed by atoms with Crippen LogP contribution in [0.4, 0.5) is 0 Å². The van der Waals surface area contributed by atoms with Gasteiger partial charge in [0.15, 0.2) is 11.5 Å². The topological polar surface area (TPSA) is 31.4 Å². The zero-order valence-corrected chi connectivity index (χ0v) is 12.7. The Morgan fingerprint density at radius 2 is 2.00 bits per heavy atom. The number of aromatic nitrogens is 1. The second-order valence-corrected chi connectivity index (χ2v) is 4.92. The molecule has 0 N–H and O–H groups in total. The Morgan fingerprint density at radius 3 is 2.68 bits per heavy atom. The lowest BCUT2D eigenvalue weighted by Gasteiger charge is -2.12.